The van der Waals surface area contributed by atoms with Crippen LogP contribution in [0, 0.1) is 0 Å². The van der Waals surface area contributed by atoms with Crippen LogP contribution in [0.1, 0.15) is 22.5 Å². The lowest BCUT2D eigenvalue weighted by molar-refractivity contribution is 0.0699. The molecule has 1 aliphatic rings. The lowest BCUT2D eigenvalue weighted by Crippen LogP contribution is -2.05. The second-order valence-electron chi connectivity index (χ2n) is 4.54. The van der Waals surface area contributed by atoms with Gasteiger partial charge in [-0.3, -0.25) is 0 Å². The van der Waals surface area contributed by atoms with Crippen LogP contribution >= 0.6 is 11.6 Å². The summed E-state index contributed by atoms with van der Waals surface area (Å²) < 4.78 is 5.28. The molecule has 0 saturated heterocycles. The Balaban J connectivity index is 2.15. The van der Waals surface area contributed by atoms with Gasteiger partial charge in [-0.2, -0.15) is 0 Å². The molecular weight excluding hydrogens is 278 g/mol. The summed E-state index contributed by atoms with van der Waals surface area (Å²) in [5, 5.41) is 10.0. The van der Waals surface area contributed by atoms with Gasteiger partial charge in [-0.25, -0.2) is 9.78 Å². The van der Waals surface area contributed by atoms with Crippen LogP contribution in [0.25, 0.3) is 16.5 Å². The van der Waals surface area contributed by atoms with Gasteiger partial charge in [0.05, 0.1) is 35.0 Å². The second kappa shape index (κ2) is 5.23. The van der Waals surface area contributed by atoms with Gasteiger partial charge in [0, 0.05) is 5.39 Å². The van der Waals surface area contributed by atoms with E-state index >= 15 is 0 Å². The molecule has 0 unspecified atom stereocenters. The Morgan fingerprint density at radius 1 is 1.30 bits per heavy atom. The fourth-order valence-electron chi connectivity index (χ4n) is 2.33. The number of rotatable bonds is 2. The predicted octanol–water partition coefficient (Wildman–Crippen LogP) is 3.39. The maximum atomic E-state index is 11.3. The number of benzene rings is 1. The zero-order chi connectivity index (χ0) is 14.1. The summed E-state index contributed by atoms with van der Waals surface area (Å²) in [5.74, 6) is -1.04. The molecule has 1 aliphatic heterocycles. The minimum atomic E-state index is -1.04. The van der Waals surface area contributed by atoms with Gasteiger partial charge in [0.2, 0.25) is 0 Å². The highest BCUT2D eigenvalue weighted by atomic mass is 35.5. The first kappa shape index (κ1) is 13.1. The van der Waals surface area contributed by atoms with Crippen LogP contribution < -0.4 is 0 Å². The number of aromatic carboxylic acids is 1. The molecule has 2 aromatic rings. The van der Waals surface area contributed by atoms with Crippen LogP contribution in [0.5, 0.6) is 0 Å². The molecule has 0 amide bonds. The number of nitrogens with zero attached hydrogens (tertiary/aromatic N) is 1. The van der Waals surface area contributed by atoms with Gasteiger partial charge in [-0.05, 0) is 36.3 Å². The molecule has 4 nitrogen and oxygen atoms in total. The van der Waals surface area contributed by atoms with Crippen LogP contribution in [0.3, 0.4) is 0 Å². The maximum Gasteiger partial charge on any atom is 0.337 e. The van der Waals surface area contributed by atoms with E-state index in [1.54, 1.807) is 18.2 Å². The summed E-state index contributed by atoms with van der Waals surface area (Å²) in [6.07, 6.45) is 2.82. The SMILES string of the molecule is O=C(O)c1c(Cl)ccc2nc(C3=CCOCC3)ccc12. The summed E-state index contributed by atoms with van der Waals surface area (Å²) in [6, 6.07) is 6.92. The molecule has 0 fully saturated rings. The van der Waals surface area contributed by atoms with Crippen molar-refractivity contribution in [3.05, 3.63) is 46.6 Å². The zero-order valence-electron chi connectivity index (χ0n) is 10.6. The van der Waals surface area contributed by atoms with Crippen molar-refractivity contribution in [2.45, 2.75) is 6.42 Å². The molecule has 20 heavy (non-hydrogen) atoms. The molecule has 0 aliphatic carbocycles. The first-order valence-corrected chi connectivity index (χ1v) is 6.64. The number of hydrogen-bond acceptors (Lipinski definition) is 3. The van der Waals surface area contributed by atoms with Gasteiger partial charge in [-0.15, -0.1) is 0 Å². The number of fused-ring (bicyclic) bond motifs is 1. The normalized spacial score (nSPS) is 15.2. The number of hydrogen-bond donors (Lipinski definition) is 1. The molecule has 0 atom stereocenters. The van der Waals surface area contributed by atoms with Crippen molar-refractivity contribution >= 4 is 34.0 Å². The van der Waals surface area contributed by atoms with Crippen molar-refractivity contribution in [3.8, 4) is 0 Å². The molecule has 0 saturated carbocycles. The molecule has 3 rings (SSSR count). The Hall–Kier alpha value is -1.91. The van der Waals surface area contributed by atoms with Gasteiger partial charge in [-0.1, -0.05) is 17.7 Å². The van der Waals surface area contributed by atoms with Crippen LogP contribution in [0.4, 0.5) is 0 Å². The molecule has 1 aromatic carbocycles. The molecule has 0 spiro atoms. The number of aromatic nitrogens is 1. The summed E-state index contributed by atoms with van der Waals surface area (Å²) >= 11 is 5.95. The number of carbonyl (C=O) groups is 1. The standard InChI is InChI=1S/C15H12ClNO3/c16-11-2-4-13-10(14(11)15(18)19)1-3-12(17-13)9-5-7-20-8-6-9/h1-5H,6-8H2,(H,18,19). The fraction of sp³-hybridized carbons (Fsp3) is 0.200. The van der Waals surface area contributed by atoms with Gasteiger partial charge >= 0.3 is 5.97 Å². The van der Waals surface area contributed by atoms with Crippen LogP contribution in [0.2, 0.25) is 5.02 Å². The largest absolute Gasteiger partial charge is 0.478 e. The van der Waals surface area contributed by atoms with E-state index in [0.717, 1.165) is 17.7 Å². The summed E-state index contributed by atoms with van der Waals surface area (Å²) in [7, 11) is 0. The monoisotopic (exact) mass is 289 g/mol. The van der Waals surface area contributed by atoms with E-state index in [1.165, 1.54) is 0 Å². The number of carboxylic acids is 1. The highest BCUT2D eigenvalue weighted by molar-refractivity contribution is 6.35. The topological polar surface area (TPSA) is 59.4 Å². The van der Waals surface area contributed by atoms with Crippen molar-refractivity contribution in [2.24, 2.45) is 0 Å². The van der Waals surface area contributed by atoms with E-state index in [1.807, 2.05) is 12.1 Å². The lowest BCUT2D eigenvalue weighted by atomic mass is 10.0. The smallest absolute Gasteiger partial charge is 0.337 e. The third kappa shape index (κ3) is 2.28. The number of carboxylic acid groups (broad SMARTS) is 1. The molecule has 5 heteroatoms. The molecular formula is C15H12ClNO3. The number of pyridine rings is 1. The maximum absolute atomic E-state index is 11.3. The molecule has 1 aromatic heterocycles. The summed E-state index contributed by atoms with van der Waals surface area (Å²) in [6.45, 7) is 1.28. The van der Waals surface area contributed by atoms with Crippen molar-refractivity contribution in [1.29, 1.82) is 0 Å². The highest BCUT2D eigenvalue weighted by Crippen LogP contribution is 2.28. The van der Waals surface area contributed by atoms with Crippen LogP contribution in [-0.4, -0.2) is 29.3 Å². The van der Waals surface area contributed by atoms with Crippen molar-refractivity contribution in [2.75, 3.05) is 13.2 Å². The number of ether oxygens (including phenoxy) is 1. The summed E-state index contributed by atoms with van der Waals surface area (Å²) in [5.41, 5.74) is 2.73. The number of halogens is 1. The average Bonchev–Trinajstić information content (AvgIpc) is 2.47. The predicted molar refractivity (Wildman–Crippen MR) is 77.1 cm³/mol. The molecule has 0 bridgehead atoms. The summed E-state index contributed by atoms with van der Waals surface area (Å²) in [4.78, 5) is 15.8. The average molecular weight is 290 g/mol. The third-order valence-electron chi connectivity index (χ3n) is 3.33. The Kier molecular flexibility index (Phi) is 3.42. The van der Waals surface area contributed by atoms with Gasteiger partial charge in [0.1, 0.15) is 0 Å². The Morgan fingerprint density at radius 2 is 2.15 bits per heavy atom. The van der Waals surface area contributed by atoms with Gasteiger partial charge in [0.15, 0.2) is 0 Å². The fourth-order valence-corrected chi connectivity index (χ4v) is 2.58. The lowest BCUT2D eigenvalue weighted by Gasteiger charge is -2.14. The third-order valence-corrected chi connectivity index (χ3v) is 3.64. The van der Waals surface area contributed by atoms with E-state index in [-0.39, 0.29) is 10.6 Å². The van der Waals surface area contributed by atoms with Crippen molar-refractivity contribution in [1.82, 2.24) is 4.98 Å². The Morgan fingerprint density at radius 3 is 2.85 bits per heavy atom. The second-order valence-corrected chi connectivity index (χ2v) is 4.95. The molecule has 0 radical (unpaired) electrons. The Labute approximate surface area is 120 Å². The van der Waals surface area contributed by atoms with Gasteiger partial charge in [0.25, 0.3) is 0 Å². The van der Waals surface area contributed by atoms with Crippen LogP contribution in [0.15, 0.2) is 30.3 Å². The van der Waals surface area contributed by atoms with Gasteiger partial charge < -0.3 is 9.84 Å². The molecule has 2 heterocycles. The zero-order valence-corrected chi connectivity index (χ0v) is 11.4. The first-order valence-electron chi connectivity index (χ1n) is 6.26. The van der Waals surface area contributed by atoms with E-state index in [9.17, 15) is 9.90 Å². The van der Waals surface area contributed by atoms with E-state index in [2.05, 4.69) is 4.98 Å². The van der Waals surface area contributed by atoms with E-state index in [4.69, 9.17) is 16.3 Å². The quantitative estimate of drug-likeness (QED) is 0.920. The minimum absolute atomic E-state index is 0.101. The molecule has 1 N–H and O–H groups in total. The highest BCUT2D eigenvalue weighted by Gasteiger charge is 2.15. The Bertz CT molecular complexity index is 724. The van der Waals surface area contributed by atoms with Crippen LogP contribution in [-0.2, 0) is 4.74 Å². The van der Waals surface area contributed by atoms with E-state index in [0.29, 0.717) is 24.1 Å². The van der Waals surface area contributed by atoms with E-state index < -0.39 is 5.97 Å². The van der Waals surface area contributed by atoms with Crippen molar-refractivity contribution in [3.63, 3.8) is 0 Å². The van der Waals surface area contributed by atoms with Crippen molar-refractivity contribution < 1.29 is 14.6 Å². The first-order chi connectivity index (χ1) is 9.66. The molecule has 102 valence electrons. The minimum Gasteiger partial charge on any atom is -0.478 e.